The summed E-state index contributed by atoms with van der Waals surface area (Å²) in [4.78, 5) is 19.9. The molecule has 1 atom stereocenters. The SMILES string of the molecule is CCn1nc(C(C)C)cc1C(=O)N1CCCC(c2nccn2CC2CC2)C1. The number of hydrogen-bond acceptors (Lipinski definition) is 3. The van der Waals surface area contributed by atoms with Crippen molar-refractivity contribution < 1.29 is 4.79 Å². The molecule has 1 aliphatic heterocycles. The van der Waals surface area contributed by atoms with Crippen LogP contribution in [-0.4, -0.2) is 43.2 Å². The first-order valence-corrected chi connectivity index (χ1v) is 10.4. The normalized spacial score (nSPS) is 20.4. The van der Waals surface area contributed by atoms with Gasteiger partial charge in [-0.05, 0) is 50.5 Å². The second-order valence-corrected chi connectivity index (χ2v) is 8.40. The molecule has 1 saturated carbocycles. The van der Waals surface area contributed by atoms with Gasteiger partial charge in [0.05, 0.1) is 5.69 Å². The number of piperidine rings is 1. The molecule has 1 unspecified atom stereocenters. The number of aryl methyl sites for hydroxylation is 1. The minimum atomic E-state index is 0.112. The maximum Gasteiger partial charge on any atom is 0.272 e. The third-order valence-corrected chi connectivity index (χ3v) is 5.88. The Bertz CT molecular complexity index is 801. The first kappa shape index (κ1) is 18.3. The fourth-order valence-electron chi connectivity index (χ4n) is 4.08. The molecule has 2 aromatic rings. The molecule has 0 radical (unpaired) electrons. The Labute approximate surface area is 161 Å². The Balaban J connectivity index is 1.51. The average molecular weight is 370 g/mol. The highest BCUT2D eigenvalue weighted by molar-refractivity contribution is 5.92. The molecule has 0 aromatic carbocycles. The van der Waals surface area contributed by atoms with Crippen molar-refractivity contribution in [3.8, 4) is 0 Å². The molecular weight excluding hydrogens is 338 g/mol. The standard InChI is InChI=1S/C21H31N5O/c1-4-26-19(12-18(23-26)15(2)3)21(27)25-10-5-6-17(14-25)20-22-9-11-24(20)13-16-7-8-16/h9,11-12,15-17H,4-8,10,13-14H2,1-3H3. The molecule has 1 aliphatic carbocycles. The number of nitrogens with zero attached hydrogens (tertiary/aromatic N) is 5. The summed E-state index contributed by atoms with van der Waals surface area (Å²) in [5.74, 6) is 2.76. The number of likely N-dealkylation sites (tertiary alicyclic amines) is 1. The van der Waals surface area contributed by atoms with Gasteiger partial charge in [0.15, 0.2) is 0 Å². The van der Waals surface area contributed by atoms with E-state index >= 15 is 0 Å². The molecular formula is C21H31N5O. The molecule has 2 aliphatic rings. The lowest BCUT2D eigenvalue weighted by Crippen LogP contribution is -2.40. The van der Waals surface area contributed by atoms with Crippen molar-refractivity contribution in [1.82, 2.24) is 24.2 Å². The van der Waals surface area contributed by atoms with Crippen LogP contribution in [0.15, 0.2) is 18.5 Å². The quantitative estimate of drug-likeness (QED) is 0.781. The Kier molecular flexibility index (Phi) is 5.06. The third-order valence-electron chi connectivity index (χ3n) is 5.88. The molecule has 0 N–H and O–H groups in total. The lowest BCUT2D eigenvalue weighted by molar-refractivity contribution is 0.0690. The van der Waals surface area contributed by atoms with E-state index in [1.807, 2.05) is 28.8 Å². The zero-order chi connectivity index (χ0) is 19.0. The molecule has 2 aromatic heterocycles. The zero-order valence-corrected chi connectivity index (χ0v) is 16.8. The summed E-state index contributed by atoms with van der Waals surface area (Å²) < 4.78 is 4.18. The van der Waals surface area contributed by atoms with Crippen LogP contribution < -0.4 is 0 Å². The van der Waals surface area contributed by atoms with E-state index in [1.165, 1.54) is 12.8 Å². The minimum absolute atomic E-state index is 0.112. The minimum Gasteiger partial charge on any atom is -0.337 e. The van der Waals surface area contributed by atoms with Crippen LogP contribution in [0.25, 0.3) is 0 Å². The van der Waals surface area contributed by atoms with Crippen molar-refractivity contribution in [1.29, 1.82) is 0 Å². The largest absolute Gasteiger partial charge is 0.337 e. The van der Waals surface area contributed by atoms with Crippen LogP contribution in [0.2, 0.25) is 0 Å². The number of rotatable bonds is 6. The predicted molar refractivity (Wildman–Crippen MR) is 105 cm³/mol. The van der Waals surface area contributed by atoms with Crippen molar-refractivity contribution in [3.63, 3.8) is 0 Å². The summed E-state index contributed by atoms with van der Waals surface area (Å²) in [6.07, 6.45) is 8.84. The molecule has 0 spiro atoms. The van der Waals surface area contributed by atoms with Crippen molar-refractivity contribution in [2.24, 2.45) is 5.92 Å². The summed E-state index contributed by atoms with van der Waals surface area (Å²) in [6, 6.07) is 1.98. The number of amides is 1. The average Bonchev–Trinajstić information content (AvgIpc) is 3.19. The molecule has 6 nitrogen and oxygen atoms in total. The first-order valence-electron chi connectivity index (χ1n) is 10.4. The van der Waals surface area contributed by atoms with E-state index < -0.39 is 0 Å². The second-order valence-electron chi connectivity index (χ2n) is 8.40. The third kappa shape index (κ3) is 3.80. The molecule has 146 valence electrons. The topological polar surface area (TPSA) is 56.0 Å². The number of carbonyl (C=O) groups is 1. The summed E-state index contributed by atoms with van der Waals surface area (Å²) in [5, 5.41) is 4.62. The number of carbonyl (C=O) groups excluding carboxylic acids is 1. The van der Waals surface area contributed by atoms with Crippen molar-refractivity contribution >= 4 is 5.91 Å². The predicted octanol–water partition coefficient (Wildman–Crippen LogP) is 3.65. The number of hydrogen-bond donors (Lipinski definition) is 0. The van der Waals surface area contributed by atoms with Crippen molar-refractivity contribution in [3.05, 3.63) is 35.7 Å². The summed E-state index contributed by atoms with van der Waals surface area (Å²) in [7, 11) is 0. The van der Waals surface area contributed by atoms with E-state index in [0.717, 1.165) is 62.2 Å². The van der Waals surface area contributed by atoms with E-state index in [2.05, 4.69) is 34.7 Å². The van der Waals surface area contributed by atoms with Crippen LogP contribution in [0.3, 0.4) is 0 Å². The van der Waals surface area contributed by atoms with Crippen LogP contribution >= 0.6 is 0 Å². The number of aromatic nitrogens is 4. The van der Waals surface area contributed by atoms with Gasteiger partial charge in [-0.2, -0.15) is 5.10 Å². The summed E-state index contributed by atoms with van der Waals surface area (Å²) in [5.41, 5.74) is 1.72. The Morgan fingerprint density at radius 3 is 2.81 bits per heavy atom. The lowest BCUT2D eigenvalue weighted by atomic mass is 9.96. The monoisotopic (exact) mass is 369 g/mol. The molecule has 1 saturated heterocycles. The first-order chi connectivity index (χ1) is 13.1. The fraction of sp³-hybridized carbons (Fsp3) is 0.667. The van der Waals surface area contributed by atoms with Gasteiger partial charge in [-0.15, -0.1) is 0 Å². The van der Waals surface area contributed by atoms with E-state index in [4.69, 9.17) is 0 Å². The van der Waals surface area contributed by atoms with Crippen LogP contribution in [0.1, 0.15) is 80.3 Å². The van der Waals surface area contributed by atoms with E-state index in [0.29, 0.717) is 11.8 Å². The summed E-state index contributed by atoms with van der Waals surface area (Å²) >= 11 is 0. The van der Waals surface area contributed by atoms with Gasteiger partial charge in [0.1, 0.15) is 11.5 Å². The van der Waals surface area contributed by atoms with E-state index in [1.54, 1.807) is 0 Å². The molecule has 2 fully saturated rings. The van der Waals surface area contributed by atoms with Crippen LogP contribution in [0.5, 0.6) is 0 Å². The Morgan fingerprint density at radius 2 is 2.11 bits per heavy atom. The second kappa shape index (κ2) is 7.49. The van der Waals surface area contributed by atoms with Gasteiger partial charge < -0.3 is 9.47 Å². The van der Waals surface area contributed by atoms with Crippen LogP contribution in [0.4, 0.5) is 0 Å². The van der Waals surface area contributed by atoms with Crippen molar-refractivity contribution in [2.45, 2.75) is 71.4 Å². The van der Waals surface area contributed by atoms with Gasteiger partial charge in [-0.3, -0.25) is 9.48 Å². The molecule has 0 bridgehead atoms. The van der Waals surface area contributed by atoms with Gasteiger partial charge >= 0.3 is 0 Å². The lowest BCUT2D eigenvalue weighted by Gasteiger charge is -2.32. The van der Waals surface area contributed by atoms with Gasteiger partial charge in [-0.1, -0.05) is 13.8 Å². The highest BCUT2D eigenvalue weighted by Crippen LogP contribution is 2.33. The Hall–Kier alpha value is -2.11. The number of imidazole rings is 1. The van der Waals surface area contributed by atoms with Gasteiger partial charge in [0.2, 0.25) is 0 Å². The molecule has 6 heteroatoms. The zero-order valence-electron chi connectivity index (χ0n) is 16.8. The summed E-state index contributed by atoms with van der Waals surface area (Å²) in [6.45, 7) is 9.66. The van der Waals surface area contributed by atoms with Crippen LogP contribution in [0, 0.1) is 5.92 Å². The molecule has 3 heterocycles. The maximum absolute atomic E-state index is 13.2. The van der Waals surface area contributed by atoms with E-state index in [-0.39, 0.29) is 5.91 Å². The molecule has 1 amide bonds. The highest BCUT2D eigenvalue weighted by Gasteiger charge is 2.31. The Morgan fingerprint density at radius 1 is 1.30 bits per heavy atom. The fourth-order valence-corrected chi connectivity index (χ4v) is 4.08. The van der Waals surface area contributed by atoms with Crippen molar-refractivity contribution in [2.75, 3.05) is 13.1 Å². The maximum atomic E-state index is 13.2. The smallest absolute Gasteiger partial charge is 0.272 e. The van der Waals surface area contributed by atoms with Gasteiger partial charge in [0, 0.05) is 44.5 Å². The van der Waals surface area contributed by atoms with Gasteiger partial charge in [0.25, 0.3) is 5.91 Å². The highest BCUT2D eigenvalue weighted by atomic mass is 16.2. The molecule has 4 rings (SSSR count). The van der Waals surface area contributed by atoms with E-state index in [9.17, 15) is 4.79 Å². The van der Waals surface area contributed by atoms with Crippen LogP contribution in [-0.2, 0) is 13.1 Å². The van der Waals surface area contributed by atoms with Gasteiger partial charge in [-0.25, -0.2) is 4.98 Å². The molecule has 27 heavy (non-hydrogen) atoms.